The van der Waals surface area contributed by atoms with E-state index < -0.39 is 5.79 Å². The Morgan fingerprint density at radius 1 is 1.13 bits per heavy atom. The summed E-state index contributed by atoms with van der Waals surface area (Å²) in [5.41, 5.74) is 1.19. The van der Waals surface area contributed by atoms with Crippen LogP contribution in [-0.2, 0) is 22.4 Å². The molecule has 2 heterocycles. The minimum absolute atomic E-state index is 0. The molecule has 3 aromatic rings. The Bertz CT molecular complexity index is 920. The minimum Gasteiger partial charge on any atom is -0.497 e. The monoisotopic (exact) mass is 464 g/mol. The van der Waals surface area contributed by atoms with Crippen LogP contribution >= 0.6 is 24.0 Å². The summed E-state index contributed by atoms with van der Waals surface area (Å²) in [6, 6.07) is 15.4. The van der Waals surface area contributed by atoms with Crippen LogP contribution in [0.1, 0.15) is 12.0 Å². The van der Waals surface area contributed by atoms with Crippen molar-refractivity contribution in [2.45, 2.75) is 31.3 Å². The Balaban J connectivity index is 0.00000272. The normalized spacial score (nSPS) is 20.3. The van der Waals surface area contributed by atoms with Crippen LogP contribution in [0.3, 0.4) is 0 Å². The SMILES string of the molecule is COc1ccc(OC[C@@H]2CO[C@](CCc3ccc(Cl)cc3)(Cn3ccnc3)O2)cc1.Cl. The molecule has 0 bridgehead atoms. The van der Waals surface area contributed by atoms with Crippen LogP contribution in [0.25, 0.3) is 0 Å². The van der Waals surface area contributed by atoms with E-state index in [-0.39, 0.29) is 18.5 Å². The predicted molar refractivity (Wildman–Crippen MR) is 121 cm³/mol. The van der Waals surface area contributed by atoms with Crippen LogP contribution in [0.4, 0.5) is 0 Å². The van der Waals surface area contributed by atoms with Gasteiger partial charge in [-0.05, 0) is 48.4 Å². The van der Waals surface area contributed by atoms with Crippen LogP contribution < -0.4 is 9.47 Å². The van der Waals surface area contributed by atoms with Gasteiger partial charge in [0.2, 0.25) is 0 Å². The van der Waals surface area contributed by atoms with Crippen molar-refractivity contribution in [3.05, 3.63) is 77.8 Å². The van der Waals surface area contributed by atoms with Crippen molar-refractivity contribution in [1.29, 1.82) is 0 Å². The molecule has 6 nitrogen and oxygen atoms in total. The van der Waals surface area contributed by atoms with Gasteiger partial charge in [-0.15, -0.1) is 12.4 Å². The Labute approximate surface area is 193 Å². The lowest BCUT2D eigenvalue weighted by molar-refractivity contribution is -0.184. The summed E-state index contributed by atoms with van der Waals surface area (Å²) in [4.78, 5) is 4.13. The number of rotatable bonds is 9. The smallest absolute Gasteiger partial charge is 0.187 e. The number of halogens is 2. The standard InChI is InChI=1S/C23H25ClN2O4.ClH/c1-27-20-6-8-21(9-7-20)28-14-22-15-29-23(30-22,16-26-13-12-25-17-26)11-10-18-2-4-19(24)5-3-18;/h2-9,12-13,17,22H,10-11,14-16H2,1H3;1H/t22-,23+;/m1./s1. The first-order chi connectivity index (χ1) is 14.6. The van der Waals surface area contributed by atoms with Crippen molar-refractivity contribution in [1.82, 2.24) is 9.55 Å². The van der Waals surface area contributed by atoms with Gasteiger partial charge in [0.05, 0.1) is 26.6 Å². The molecule has 0 aliphatic carbocycles. The molecule has 166 valence electrons. The largest absolute Gasteiger partial charge is 0.497 e. The van der Waals surface area contributed by atoms with Crippen LogP contribution in [0, 0.1) is 0 Å². The number of hydrogen-bond donors (Lipinski definition) is 0. The zero-order valence-corrected chi connectivity index (χ0v) is 18.8. The second-order valence-electron chi connectivity index (χ2n) is 7.31. The van der Waals surface area contributed by atoms with Crippen molar-refractivity contribution < 1.29 is 18.9 Å². The van der Waals surface area contributed by atoms with E-state index in [2.05, 4.69) is 4.98 Å². The van der Waals surface area contributed by atoms with Gasteiger partial charge in [0, 0.05) is 23.8 Å². The molecule has 0 spiro atoms. The number of nitrogens with zero attached hydrogens (tertiary/aromatic N) is 2. The van der Waals surface area contributed by atoms with E-state index in [1.807, 2.05) is 59.3 Å². The summed E-state index contributed by atoms with van der Waals surface area (Å²) in [6.45, 7) is 1.46. The van der Waals surface area contributed by atoms with Crippen molar-refractivity contribution >= 4 is 24.0 Å². The van der Waals surface area contributed by atoms with Gasteiger partial charge in [0.25, 0.3) is 0 Å². The van der Waals surface area contributed by atoms with E-state index >= 15 is 0 Å². The molecule has 1 aliphatic heterocycles. The highest BCUT2D eigenvalue weighted by molar-refractivity contribution is 6.30. The molecule has 8 heteroatoms. The topological polar surface area (TPSA) is 54.7 Å². The highest BCUT2D eigenvalue weighted by Crippen LogP contribution is 2.31. The summed E-state index contributed by atoms with van der Waals surface area (Å²) in [7, 11) is 1.64. The second kappa shape index (κ2) is 10.9. The molecular formula is C23H26Cl2N2O4. The molecule has 2 atom stereocenters. The molecule has 2 aromatic carbocycles. The Hall–Kier alpha value is -2.25. The zero-order chi connectivity index (χ0) is 20.8. The van der Waals surface area contributed by atoms with Gasteiger partial charge in [-0.1, -0.05) is 23.7 Å². The summed E-state index contributed by atoms with van der Waals surface area (Å²) in [5, 5.41) is 0.732. The minimum atomic E-state index is -0.728. The van der Waals surface area contributed by atoms with Gasteiger partial charge in [-0.3, -0.25) is 0 Å². The van der Waals surface area contributed by atoms with E-state index in [1.165, 1.54) is 5.56 Å². The van der Waals surface area contributed by atoms with Crippen LogP contribution in [-0.4, -0.2) is 41.8 Å². The predicted octanol–water partition coefficient (Wildman–Crippen LogP) is 4.79. The Kier molecular flexibility index (Phi) is 8.21. The van der Waals surface area contributed by atoms with Crippen molar-refractivity contribution in [3.8, 4) is 11.5 Å². The van der Waals surface area contributed by atoms with Gasteiger partial charge in [-0.25, -0.2) is 4.98 Å². The molecule has 4 rings (SSSR count). The molecule has 0 saturated carbocycles. The maximum absolute atomic E-state index is 6.39. The quantitative estimate of drug-likeness (QED) is 0.455. The third-order valence-electron chi connectivity index (χ3n) is 5.10. The molecule has 31 heavy (non-hydrogen) atoms. The second-order valence-corrected chi connectivity index (χ2v) is 7.75. The fraction of sp³-hybridized carbons (Fsp3) is 0.348. The summed E-state index contributed by atoms with van der Waals surface area (Å²) in [5.74, 6) is 0.839. The van der Waals surface area contributed by atoms with E-state index in [1.54, 1.807) is 19.6 Å². The highest BCUT2D eigenvalue weighted by Gasteiger charge is 2.42. The molecule has 0 unspecified atom stereocenters. The average molecular weight is 465 g/mol. The summed E-state index contributed by atoms with van der Waals surface area (Å²) in [6.07, 6.45) is 6.83. The molecule has 0 radical (unpaired) electrons. The number of imidazole rings is 1. The Morgan fingerprint density at radius 3 is 2.55 bits per heavy atom. The number of aryl methyl sites for hydroxylation is 1. The average Bonchev–Trinajstić information content (AvgIpc) is 3.43. The van der Waals surface area contributed by atoms with Gasteiger partial charge in [-0.2, -0.15) is 0 Å². The van der Waals surface area contributed by atoms with Crippen molar-refractivity contribution in [2.75, 3.05) is 20.3 Å². The number of benzene rings is 2. The fourth-order valence-electron chi connectivity index (χ4n) is 3.50. The molecular weight excluding hydrogens is 439 g/mol. The van der Waals surface area contributed by atoms with Gasteiger partial charge >= 0.3 is 0 Å². The molecule has 1 aliphatic rings. The van der Waals surface area contributed by atoms with Crippen LogP contribution in [0.15, 0.2) is 67.3 Å². The number of aromatic nitrogens is 2. The lowest BCUT2D eigenvalue weighted by Gasteiger charge is -2.28. The molecule has 1 saturated heterocycles. The maximum Gasteiger partial charge on any atom is 0.187 e. The van der Waals surface area contributed by atoms with Crippen molar-refractivity contribution in [2.24, 2.45) is 0 Å². The lowest BCUT2D eigenvalue weighted by atomic mass is 10.0. The van der Waals surface area contributed by atoms with E-state index in [9.17, 15) is 0 Å². The van der Waals surface area contributed by atoms with Gasteiger partial charge < -0.3 is 23.5 Å². The fourth-order valence-corrected chi connectivity index (χ4v) is 3.62. The number of ether oxygens (including phenoxy) is 4. The van der Waals surface area contributed by atoms with Gasteiger partial charge in [0.1, 0.15) is 24.2 Å². The van der Waals surface area contributed by atoms with Crippen LogP contribution in [0.5, 0.6) is 11.5 Å². The lowest BCUT2D eigenvalue weighted by Crippen LogP contribution is -2.37. The number of hydrogen-bond acceptors (Lipinski definition) is 5. The maximum atomic E-state index is 6.39. The Morgan fingerprint density at radius 2 is 1.87 bits per heavy atom. The van der Waals surface area contributed by atoms with E-state index in [0.29, 0.717) is 26.2 Å². The number of methoxy groups -OCH3 is 1. The molecule has 0 amide bonds. The molecule has 1 fully saturated rings. The first-order valence-corrected chi connectivity index (χ1v) is 10.3. The summed E-state index contributed by atoms with van der Waals surface area (Å²) < 4.78 is 25.6. The van der Waals surface area contributed by atoms with Gasteiger partial charge in [0.15, 0.2) is 5.79 Å². The first kappa shape index (κ1) is 23.4. The van der Waals surface area contributed by atoms with Crippen molar-refractivity contribution in [3.63, 3.8) is 0 Å². The highest BCUT2D eigenvalue weighted by atomic mass is 35.5. The zero-order valence-electron chi connectivity index (χ0n) is 17.3. The van der Waals surface area contributed by atoms with E-state index in [4.69, 9.17) is 30.5 Å². The first-order valence-electron chi connectivity index (χ1n) is 9.93. The third-order valence-corrected chi connectivity index (χ3v) is 5.35. The molecule has 0 N–H and O–H groups in total. The van der Waals surface area contributed by atoms with E-state index in [0.717, 1.165) is 22.9 Å². The molecule has 1 aromatic heterocycles. The van der Waals surface area contributed by atoms with Crippen LogP contribution in [0.2, 0.25) is 5.02 Å². The third kappa shape index (κ3) is 6.37. The summed E-state index contributed by atoms with van der Waals surface area (Å²) >= 11 is 6.00.